The maximum Gasteiger partial charge on any atom is 0.426 e. The van der Waals surface area contributed by atoms with Gasteiger partial charge in [0, 0.05) is 18.4 Å². The van der Waals surface area contributed by atoms with Crippen LogP contribution in [0.3, 0.4) is 0 Å². The number of halogens is 9. The van der Waals surface area contributed by atoms with Gasteiger partial charge in [-0.25, -0.2) is 4.79 Å². The largest absolute Gasteiger partial charge is 0.459 e. The van der Waals surface area contributed by atoms with Crippen molar-refractivity contribution in [3.63, 3.8) is 0 Å². The highest BCUT2D eigenvalue weighted by atomic mass is 19.4. The number of hydrogen-bond acceptors (Lipinski definition) is 3. The van der Waals surface area contributed by atoms with Crippen LogP contribution in [0.25, 0.3) is 0 Å². The van der Waals surface area contributed by atoms with Crippen LogP contribution < -0.4 is 0 Å². The van der Waals surface area contributed by atoms with E-state index in [0.29, 0.717) is 6.08 Å². The van der Waals surface area contributed by atoms with Crippen LogP contribution in [0.4, 0.5) is 39.5 Å². The van der Waals surface area contributed by atoms with Gasteiger partial charge < -0.3 is 9.84 Å². The van der Waals surface area contributed by atoms with E-state index in [0.717, 1.165) is 0 Å². The third kappa shape index (κ3) is 5.04. The predicted molar refractivity (Wildman–Crippen MR) is 68.6 cm³/mol. The van der Waals surface area contributed by atoms with Gasteiger partial charge in [-0.1, -0.05) is 6.58 Å². The van der Waals surface area contributed by atoms with Gasteiger partial charge in [0.2, 0.25) is 0 Å². The van der Waals surface area contributed by atoms with E-state index in [1.54, 1.807) is 0 Å². The van der Waals surface area contributed by atoms with Crippen LogP contribution in [0.1, 0.15) is 25.7 Å². The summed E-state index contributed by atoms with van der Waals surface area (Å²) in [5.74, 6) is -5.55. The van der Waals surface area contributed by atoms with Crippen LogP contribution in [-0.2, 0) is 9.53 Å². The molecule has 3 unspecified atom stereocenters. The van der Waals surface area contributed by atoms with Crippen LogP contribution in [0.5, 0.6) is 0 Å². The highest BCUT2D eigenvalue weighted by molar-refractivity contribution is 5.81. The van der Waals surface area contributed by atoms with Crippen LogP contribution in [0.15, 0.2) is 12.7 Å². The third-order valence-corrected chi connectivity index (χ3v) is 4.19. The molecule has 1 saturated carbocycles. The number of alkyl halides is 9. The summed E-state index contributed by atoms with van der Waals surface area (Å²) in [6.45, 7) is 2.99. The molecule has 3 atom stereocenters. The molecular formula is C14H15F9O3. The van der Waals surface area contributed by atoms with Gasteiger partial charge in [-0.05, 0) is 25.2 Å². The first-order chi connectivity index (χ1) is 11.5. The van der Waals surface area contributed by atoms with Crippen molar-refractivity contribution >= 4 is 5.97 Å². The maximum absolute atomic E-state index is 13.0. The smallest absolute Gasteiger partial charge is 0.426 e. The van der Waals surface area contributed by atoms with E-state index < -0.39 is 73.7 Å². The molecule has 0 saturated heterocycles. The number of aliphatic hydroxyl groups is 1. The fraction of sp³-hybridized carbons (Fsp3) is 0.786. The minimum Gasteiger partial charge on any atom is -0.459 e. The first-order valence-corrected chi connectivity index (χ1v) is 7.27. The molecule has 1 rings (SSSR count). The average molecular weight is 402 g/mol. The van der Waals surface area contributed by atoms with Crippen molar-refractivity contribution in [1.82, 2.24) is 0 Å². The van der Waals surface area contributed by atoms with Gasteiger partial charge in [-0.2, -0.15) is 39.5 Å². The Morgan fingerprint density at radius 1 is 1.00 bits per heavy atom. The average Bonchev–Trinajstić information content (AvgIpc) is 2.41. The Bertz CT molecular complexity index is 507. The maximum atomic E-state index is 13.0. The topological polar surface area (TPSA) is 46.5 Å². The second kappa shape index (κ2) is 7.28. The zero-order valence-electron chi connectivity index (χ0n) is 13.0. The number of carbonyl (C=O) groups excluding carboxylic acids is 1. The van der Waals surface area contributed by atoms with Gasteiger partial charge in [-0.15, -0.1) is 0 Å². The summed E-state index contributed by atoms with van der Waals surface area (Å²) in [7, 11) is 0. The molecule has 0 bridgehead atoms. The summed E-state index contributed by atoms with van der Waals surface area (Å²) in [6, 6.07) is 0. The van der Waals surface area contributed by atoms with Gasteiger partial charge in [0.15, 0.2) is 0 Å². The van der Waals surface area contributed by atoms with E-state index in [-0.39, 0.29) is 0 Å². The summed E-state index contributed by atoms with van der Waals surface area (Å²) in [5, 5.41) is 9.44. The Kier molecular flexibility index (Phi) is 6.32. The zero-order valence-corrected chi connectivity index (χ0v) is 13.0. The minimum absolute atomic E-state index is 0.572. The fourth-order valence-corrected chi connectivity index (χ4v) is 3.15. The lowest BCUT2D eigenvalue weighted by atomic mass is 9.70. The molecule has 3 nitrogen and oxygen atoms in total. The van der Waals surface area contributed by atoms with Crippen LogP contribution in [0, 0.1) is 11.8 Å². The fourth-order valence-electron chi connectivity index (χ4n) is 3.15. The van der Waals surface area contributed by atoms with Crippen molar-refractivity contribution in [2.45, 2.75) is 55.9 Å². The van der Waals surface area contributed by atoms with E-state index in [1.807, 2.05) is 0 Å². The highest BCUT2D eigenvalue weighted by Crippen LogP contribution is 2.53. The summed E-state index contributed by atoms with van der Waals surface area (Å²) >= 11 is 0. The lowest BCUT2D eigenvalue weighted by Crippen LogP contribution is -2.63. The molecule has 0 aromatic heterocycles. The number of carbonyl (C=O) groups is 1. The quantitative estimate of drug-likeness (QED) is 0.433. The molecule has 0 aromatic carbocycles. The van der Waals surface area contributed by atoms with Gasteiger partial charge in [0.05, 0.1) is 0 Å². The molecule has 0 aromatic rings. The standard InChI is InChI=1S/C14H15F9O3/c1-2-10(24)26-9-4-7(6-11(15,16)17)3-8(5-9)12(25,13(18,19)20)14(21,22)23/h2,7-9,25H,1,3-6H2. The Balaban J connectivity index is 3.24. The van der Waals surface area contributed by atoms with E-state index in [9.17, 15) is 49.4 Å². The molecule has 0 amide bonds. The first-order valence-electron chi connectivity index (χ1n) is 7.27. The molecule has 0 radical (unpaired) electrons. The van der Waals surface area contributed by atoms with Gasteiger partial charge in [0.1, 0.15) is 6.10 Å². The second-order valence-corrected chi connectivity index (χ2v) is 6.11. The predicted octanol–water partition coefficient (Wildman–Crippen LogP) is 4.31. The molecular weight excluding hydrogens is 387 g/mol. The summed E-state index contributed by atoms with van der Waals surface area (Å²) in [4.78, 5) is 11.2. The molecule has 1 fully saturated rings. The monoisotopic (exact) mass is 402 g/mol. The molecule has 12 heteroatoms. The van der Waals surface area contributed by atoms with Crippen LogP contribution in [0.2, 0.25) is 0 Å². The van der Waals surface area contributed by atoms with Crippen molar-refractivity contribution in [2.24, 2.45) is 11.8 Å². The molecule has 26 heavy (non-hydrogen) atoms. The first kappa shape index (κ1) is 22.6. The zero-order chi connectivity index (χ0) is 20.6. The molecule has 0 spiro atoms. The molecule has 1 aliphatic carbocycles. The number of hydrogen-bond donors (Lipinski definition) is 1. The third-order valence-electron chi connectivity index (χ3n) is 4.19. The number of esters is 1. The van der Waals surface area contributed by atoms with E-state index in [1.165, 1.54) is 0 Å². The number of rotatable bonds is 4. The van der Waals surface area contributed by atoms with Crippen molar-refractivity contribution in [1.29, 1.82) is 0 Å². The molecule has 1 N–H and O–H groups in total. The van der Waals surface area contributed by atoms with Gasteiger partial charge in [0.25, 0.3) is 5.60 Å². The van der Waals surface area contributed by atoms with Crippen molar-refractivity contribution in [3.8, 4) is 0 Å². The molecule has 1 aliphatic rings. The normalized spacial score (nSPS) is 25.7. The van der Waals surface area contributed by atoms with Crippen molar-refractivity contribution < 1.29 is 54.2 Å². The SMILES string of the molecule is C=CC(=O)OC1CC(CC(F)(F)F)CC(C(O)(C(F)(F)F)C(F)(F)F)C1. The highest BCUT2D eigenvalue weighted by Gasteiger charge is 2.74. The van der Waals surface area contributed by atoms with Gasteiger partial charge in [-0.3, -0.25) is 0 Å². The Morgan fingerprint density at radius 3 is 1.88 bits per heavy atom. The van der Waals surface area contributed by atoms with Gasteiger partial charge >= 0.3 is 24.5 Å². The van der Waals surface area contributed by atoms with E-state index in [2.05, 4.69) is 11.3 Å². The number of ether oxygens (including phenoxy) is 1. The lowest BCUT2D eigenvalue weighted by molar-refractivity contribution is -0.389. The Hall–Kier alpha value is -1.46. The summed E-state index contributed by atoms with van der Waals surface area (Å²) in [6.07, 6.45) is -22.8. The van der Waals surface area contributed by atoms with E-state index in [4.69, 9.17) is 0 Å². The van der Waals surface area contributed by atoms with Crippen molar-refractivity contribution in [3.05, 3.63) is 12.7 Å². The lowest BCUT2D eigenvalue weighted by Gasteiger charge is -2.44. The van der Waals surface area contributed by atoms with E-state index >= 15 is 0 Å². The second-order valence-electron chi connectivity index (χ2n) is 6.11. The summed E-state index contributed by atoms with van der Waals surface area (Å²) < 4.78 is 120. The molecule has 0 aliphatic heterocycles. The Morgan fingerprint density at radius 2 is 1.50 bits per heavy atom. The Labute approximate surface area is 141 Å². The molecule has 0 heterocycles. The van der Waals surface area contributed by atoms with Crippen molar-refractivity contribution in [2.75, 3.05) is 0 Å². The minimum atomic E-state index is -6.18. The van der Waals surface area contributed by atoms with Crippen LogP contribution in [-0.4, -0.2) is 41.3 Å². The van der Waals surface area contributed by atoms with Crippen LogP contribution >= 0.6 is 0 Å². The molecule has 152 valence electrons. The summed E-state index contributed by atoms with van der Waals surface area (Å²) in [5.41, 5.74) is -5.22.